The normalized spacial score (nSPS) is 11.9. The molecule has 0 saturated carbocycles. The molecule has 0 bridgehead atoms. The van der Waals surface area contributed by atoms with Crippen LogP contribution in [0, 0.1) is 0 Å². The van der Waals surface area contributed by atoms with Crippen LogP contribution in [0.2, 0.25) is 0 Å². The minimum absolute atomic E-state index is 0.0610. The first kappa shape index (κ1) is 66.4. The largest absolute Gasteiger partial charge is 0.462 e. The molecule has 0 heterocycles. The maximum Gasteiger partial charge on any atom is 0.306 e. The molecule has 6 nitrogen and oxygen atoms in total. The number of ether oxygens (including phenoxy) is 3. The van der Waals surface area contributed by atoms with Crippen LogP contribution in [0.1, 0.15) is 361 Å². The average Bonchev–Trinajstić information content (AvgIpc) is 3.34. The number of hydrogen-bond donors (Lipinski definition) is 0. The summed E-state index contributed by atoms with van der Waals surface area (Å²) in [6.07, 6.45) is 65.4. The summed E-state index contributed by atoms with van der Waals surface area (Å²) < 4.78 is 16.9. The third kappa shape index (κ3) is 55.3. The van der Waals surface area contributed by atoms with Crippen LogP contribution >= 0.6 is 0 Å². The van der Waals surface area contributed by atoms with Gasteiger partial charge in [-0.15, -0.1) is 0 Å². The van der Waals surface area contributed by atoms with Crippen LogP contribution in [0.5, 0.6) is 0 Å². The lowest BCUT2D eigenvalue weighted by molar-refractivity contribution is -0.167. The predicted molar refractivity (Wildman–Crippen MR) is 294 cm³/mol. The Morgan fingerprint density at radius 3 is 0.588 bits per heavy atom. The first-order valence-corrected chi connectivity index (χ1v) is 31.0. The molecule has 1 unspecified atom stereocenters. The third-order valence-electron chi connectivity index (χ3n) is 14.4. The van der Waals surface area contributed by atoms with E-state index in [1.807, 2.05) is 0 Å². The van der Waals surface area contributed by atoms with Gasteiger partial charge in [-0.05, 0) is 19.3 Å². The van der Waals surface area contributed by atoms with E-state index in [1.54, 1.807) is 0 Å². The summed E-state index contributed by atoms with van der Waals surface area (Å²) in [5, 5.41) is 0. The highest BCUT2D eigenvalue weighted by Gasteiger charge is 2.19. The fourth-order valence-electron chi connectivity index (χ4n) is 9.68. The van der Waals surface area contributed by atoms with Crippen molar-refractivity contribution in [3.05, 3.63) is 0 Å². The van der Waals surface area contributed by atoms with Crippen molar-refractivity contribution in [2.24, 2.45) is 0 Å². The number of esters is 3. The van der Waals surface area contributed by atoms with Gasteiger partial charge in [-0.25, -0.2) is 0 Å². The Balaban J connectivity index is 4.18. The quantitative estimate of drug-likeness (QED) is 0.0343. The van der Waals surface area contributed by atoms with E-state index in [9.17, 15) is 14.4 Å². The molecule has 0 aliphatic carbocycles. The molecule has 0 amide bonds. The lowest BCUT2D eigenvalue weighted by Crippen LogP contribution is -2.30. The summed E-state index contributed by atoms with van der Waals surface area (Å²) in [7, 11) is 0. The monoisotopic (exact) mass is 961 g/mol. The first-order chi connectivity index (χ1) is 33.5. The van der Waals surface area contributed by atoms with Crippen molar-refractivity contribution in [1.29, 1.82) is 0 Å². The van der Waals surface area contributed by atoms with Crippen molar-refractivity contribution < 1.29 is 28.6 Å². The Bertz CT molecular complexity index is 1010. The summed E-state index contributed by atoms with van der Waals surface area (Å²) in [6, 6.07) is 0. The zero-order valence-electron chi connectivity index (χ0n) is 46.4. The minimum Gasteiger partial charge on any atom is -0.462 e. The number of unbranched alkanes of at least 4 members (excludes halogenated alkanes) is 47. The molecule has 0 N–H and O–H groups in total. The standard InChI is InChI=1S/C62H120O6/c1-4-7-10-13-16-19-22-24-26-28-30-31-33-34-36-38-40-43-46-49-52-55-61(64)67-58-59(57-66-60(63)54-51-48-45-42-21-18-15-12-9-6-3)68-62(65)56-53-50-47-44-41-39-37-35-32-29-27-25-23-20-17-14-11-8-5-2/h59H,4-58H2,1-3H3. The van der Waals surface area contributed by atoms with E-state index < -0.39 is 6.10 Å². The molecule has 6 heteroatoms. The van der Waals surface area contributed by atoms with Crippen LogP contribution in [0.25, 0.3) is 0 Å². The average molecular weight is 962 g/mol. The topological polar surface area (TPSA) is 78.9 Å². The zero-order chi connectivity index (χ0) is 49.3. The lowest BCUT2D eigenvalue weighted by atomic mass is 10.0. The molecule has 0 aromatic heterocycles. The van der Waals surface area contributed by atoms with Gasteiger partial charge in [-0.1, -0.05) is 323 Å². The first-order valence-electron chi connectivity index (χ1n) is 31.0. The molecule has 1 atom stereocenters. The van der Waals surface area contributed by atoms with E-state index >= 15 is 0 Å². The Morgan fingerprint density at radius 2 is 0.397 bits per heavy atom. The second kappa shape index (κ2) is 58.0. The van der Waals surface area contributed by atoms with Gasteiger partial charge in [-0.3, -0.25) is 14.4 Å². The second-order valence-electron chi connectivity index (χ2n) is 21.3. The van der Waals surface area contributed by atoms with Gasteiger partial charge in [0.25, 0.3) is 0 Å². The van der Waals surface area contributed by atoms with E-state index in [4.69, 9.17) is 14.2 Å². The molecule has 0 fully saturated rings. The minimum atomic E-state index is -0.761. The van der Waals surface area contributed by atoms with Crippen LogP contribution in [0.15, 0.2) is 0 Å². The van der Waals surface area contributed by atoms with Gasteiger partial charge >= 0.3 is 17.9 Å². The molecule has 0 radical (unpaired) electrons. The van der Waals surface area contributed by atoms with E-state index in [1.165, 1.54) is 263 Å². The molecule has 0 aromatic carbocycles. The summed E-state index contributed by atoms with van der Waals surface area (Å²) in [4.78, 5) is 38.1. The zero-order valence-corrected chi connectivity index (χ0v) is 46.4. The molecule has 0 spiro atoms. The smallest absolute Gasteiger partial charge is 0.306 e. The predicted octanol–water partition coefficient (Wildman–Crippen LogP) is 20.7. The Hall–Kier alpha value is -1.59. The number of rotatable bonds is 58. The third-order valence-corrected chi connectivity index (χ3v) is 14.4. The van der Waals surface area contributed by atoms with Crippen LogP contribution < -0.4 is 0 Å². The van der Waals surface area contributed by atoms with Crippen LogP contribution in [-0.2, 0) is 28.6 Å². The number of carbonyl (C=O) groups is 3. The van der Waals surface area contributed by atoms with Crippen molar-refractivity contribution in [1.82, 2.24) is 0 Å². The number of carbonyl (C=O) groups excluding carboxylic acids is 3. The molecule has 0 saturated heterocycles. The van der Waals surface area contributed by atoms with Crippen molar-refractivity contribution in [3.63, 3.8) is 0 Å². The van der Waals surface area contributed by atoms with E-state index in [0.29, 0.717) is 19.3 Å². The van der Waals surface area contributed by atoms with Gasteiger partial charge in [0.1, 0.15) is 13.2 Å². The summed E-state index contributed by atoms with van der Waals surface area (Å²) in [6.45, 7) is 6.71. The summed E-state index contributed by atoms with van der Waals surface area (Å²) in [5.41, 5.74) is 0. The molecular formula is C62H120O6. The van der Waals surface area contributed by atoms with E-state index in [2.05, 4.69) is 20.8 Å². The van der Waals surface area contributed by atoms with Crippen molar-refractivity contribution >= 4 is 17.9 Å². The molecule has 404 valence electrons. The highest BCUT2D eigenvalue weighted by atomic mass is 16.6. The second-order valence-corrected chi connectivity index (χ2v) is 21.3. The van der Waals surface area contributed by atoms with Crippen LogP contribution in [0.3, 0.4) is 0 Å². The molecule has 0 aromatic rings. The van der Waals surface area contributed by atoms with Crippen molar-refractivity contribution in [2.45, 2.75) is 367 Å². The lowest BCUT2D eigenvalue weighted by Gasteiger charge is -2.18. The summed E-state index contributed by atoms with van der Waals surface area (Å²) in [5.74, 6) is -0.831. The van der Waals surface area contributed by atoms with Gasteiger partial charge in [0.15, 0.2) is 6.10 Å². The Morgan fingerprint density at radius 1 is 0.235 bits per heavy atom. The van der Waals surface area contributed by atoms with Gasteiger partial charge in [0.2, 0.25) is 0 Å². The van der Waals surface area contributed by atoms with Gasteiger partial charge in [-0.2, -0.15) is 0 Å². The molecule has 0 rings (SSSR count). The maximum atomic E-state index is 12.9. The molecular weight excluding hydrogens is 841 g/mol. The molecule has 68 heavy (non-hydrogen) atoms. The molecule has 0 aliphatic rings. The van der Waals surface area contributed by atoms with Crippen molar-refractivity contribution in [3.8, 4) is 0 Å². The van der Waals surface area contributed by atoms with Crippen LogP contribution in [-0.4, -0.2) is 37.2 Å². The van der Waals surface area contributed by atoms with Crippen LogP contribution in [0.4, 0.5) is 0 Å². The van der Waals surface area contributed by atoms with Gasteiger partial charge in [0, 0.05) is 19.3 Å². The number of hydrogen-bond acceptors (Lipinski definition) is 6. The Kier molecular flexibility index (Phi) is 56.6. The fraction of sp³-hybridized carbons (Fsp3) is 0.952. The van der Waals surface area contributed by atoms with Gasteiger partial charge < -0.3 is 14.2 Å². The SMILES string of the molecule is CCCCCCCCCCCCCCCCCCCCCCCC(=O)OCC(COC(=O)CCCCCCCCCCCC)OC(=O)CCCCCCCCCCCCCCCCCCCCC. The van der Waals surface area contributed by atoms with E-state index in [-0.39, 0.29) is 31.1 Å². The van der Waals surface area contributed by atoms with Gasteiger partial charge in [0.05, 0.1) is 0 Å². The summed E-state index contributed by atoms with van der Waals surface area (Å²) >= 11 is 0. The maximum absolute atomic E-state index is 12.9. The molecule has 0 aliphatic heterocycles. The fourth-order valence-corrected chi connectivity index (χ4v) is 9.68. The highest BCUT2D eigenvalue weighted by molar-refractivity contribution is 5.71. The Labute approximate surface area is 425 Å². The van der Waals surface area contributed by atoms with E-state index in [0.717, 1.165) is 57.8 Å². The highest BCUT2D eigenvalue weighted by Crippen LogP contribution is 2.18. The van der Waals surface area contributed by atoms with Crippen molar-refractivity contribution in [2.75, 3.05) is 13.2 Å².